The van der Waals surface area contributed by atoms with Crippen molar-refractivity contribution in [3.8, 4) is 0 Å². The highest BCUT2D eigenvalue weighted by Gasteiger charge is 2.17. The van der Waals surface area contributed by atoms with Crippen molar-refractivity contribution in [2.75, 3.05) is 24.5 Å². The van der Waals surface area contributed by atoms with Gasteiger partial charge >= 0.3 is 0 Å². The Morgan fingerprint density at radius 3 is 3.00 bits per heavy atom. The summed E-state index contributed by atoms with van der Waals surface area (Å²) in [4.78, 5) is 15.3. The van der Waals surface area contributed by atoms with Gasteiger partial charge in [-0.3, -0.25) is 4.79 Å². The average molecular weight is 286 g/mol. The van der Waals surface area contributed by atoms with Crippen LogP contribution in [0.3, 0.4) is 0 Å². The van der Waals surface area contributed by atoms with Gasteiger partial charge < -0.3 is 10.2 Å². The Bertz CT molecular complexity index is 580. The number of nitrogens with zero attached hydrogens (tertiary/aromatic N) is 1. The molecule has 1 N–H and O–H groups in total. The van der Waals surface area contributed by atoms with Crippen LogP contribution in [0.4, 0.5) is 5.69 Å². The molecule has 0 fully saturated rings. The Kier molecular flexibility index (Phi) is 4.02. The van der Waals surface area contributed by atoms with E-state index in [1.165, 1.54) is 11.3 Å². The third kappa shape index (κ3) is 3.02. The summed E-state index contributed by atoms with van der Waals surface area (Å²) in [6, 6.07) is 12.5. The zero-order valence-electron chi connectivity index (χ0n) is 11.3. The molecule has 0 bridgehead atoms. The average Bonchev–Trinajstić information content (AvgIpc) is 3.09. The zero-order valence-corrected chi connectivity index (χ0v) is 12.2. The lowest BCUT2D eigenvalue weighted by Crippen LogP contribution is -2.34. The largest absolute Gasteiger partial charge is 0.369 e. The molecule has 0 unspecified atom stereocenters. The molecule has 1 aliphatic heterocycles. The Morgan fingerprint density at radius 1 is 1.25 bits per heavy atom. The topological polar surface area (TPSA) is 32.3 Å². The molecule has 0 radical (unpaired) electrons. The molecule has 0 spiro atoms. The minimum atomic E-state index is 0.111. The molecule has 0 aliphatic carbocycles. The van der Waals surface area contributed by atoms with Gasteiger partial charge in [-0.2, -0.15) is 0 Å². The highest BCUT2D eigenvalue weighted by atomic mass is 32.1. The molecule has 20 heavy (non-hydrogen) atoms. The maximum Gasteiger partial charge on any atom is 0.225 e. The first-order valence-corrected chi connectivity index (χ1v) is 7.83. The number of nitrogens with one attached hydrogen (secondary N) is 1. The number of benzene rings is 1. The lowest BCUT2D eigenvalue weighted by molar-refractivity contribution is -0.120. The van der Waals surface area contributed by atoms with Gasteiger partial charge in [-0.25, -0.2) is 0 Å². The van der Waals surface area contributed by atoms with Crippen LogP contribution in [0.1, 0.15) is 10.4 Å². The van der Waals surface area contributed by atoms with E-state index < -0.39 is 0 Å². The van der Waals surface area contributed by atoms with Crippen molar-refractivity contribution in [1.29, 1.82) is 0 Å². The minimum Gasteiger partial charge on any atom is -0.369 e. The standard InChI is InChI=1S/C16H18N2OS/c19-16(12-14-5-3-11-20-14)17-8-10-18-9-7-13-4-1-2-6-15(13)18/h1-6,11H,7-10,12H2,(H,17,19). The molecule has 0 atom stereocenters. The van der Waals surface area contributed by atoms with Gasteiger partial charge in [0.15, 0.2) is 0 Å². The monoisotopic (exact) mass is 286 g/mol. The van der Waals surface area contributed by atoms with Crippen LogP contribution in [0, 0.1) is 0 Å². The van der Waals surface area contributed by atoms with E-state index in [9.17, 15) is 4.79 Å². The molecule has 0 saturated heterocycles. The first-order chi connectivity index (χ1) is 9.83. The second-order valence-electron chi connectivity index (χ2n) is 4.97. The number of hydrogen-bond donors (Lipinski definition) is 1. The summed E-state index contributed by atoms with van der Waals surface area (Å²) >= 11 is 1.63. The maximum absolute atomic E-state index is 11.8. The summed E-state index contributed by atoms with van der Waals surface area (Å²) < 4.78 is 0. The summed E-state index contributed by atoms with van der Waals surface area (Å²) in [6.45, 7) is 2.64. The van der Waals surface area contributed by atoms with Gasteiger partial charge in [-0.05, 0) is 29.5 Å². The second kappa shape index (κ2) is 6.09. The van der Waals surface area contributed by atoms with Crippen LogP contribution < -0.4 is 10.2 Å². The van der Waals surface area contributed by atoms with Crippen molar-refractivity contribution in [2.45, 2.75) is 12.8 Å². The third-order valence-electron chi connectivity index (χ3n) is 3.60. The number of carbonyl (C=O) groups excluding carboxylic acids is 1. The summed E-state index contributed by atoms with van der Waals surface area (Å²) in [5.74, 6) is 0.111. The van der Waals surface area contributed by atoms with Crippen LogP contribution >= 0.6 is 11.3 Å². The third-order valence-corrected chi connectivity index (χ3v) is 4.48. The van der Waals surface area contributed by atoms with Gasteiger partial charge in [0.2, 0.25) is 5.91 Å². The SMILES string of the molecule is O=C(Cc1cccs1)NCCN1CCc2ccccc21. The van der Waals surface area contributed by atoms with Crippen LogP contribution in [0.2, 0.25) is 0 Å². The molecule has 2 aromatic rings. The van der Waals surface area contributed by atoms with Gasteiger partial charge in [0.1, 0.15) is 0 Å². The summed E-state index contributed by atoms with van der Waals surface area (Å²) in [5.41, 5.74) is 2.73. The Hall–Kier alpha value is -1.81. The van der Waals surface area contributed by atoms with Crippen LogP contribution in [-0.2, 0) is 17.6 Å². The predicted octanol–water partition coefficient (Wildman–Crippen LogP) is 2.47. The number of thiophene rings is 1. The molecular formula is C16H18N2OS. The van der Waals surface area contributed by atoms with Crippen LogP contribution in [-0.4, -0.2) is 25.5 Å². The lowest BCUT2D eigenvalue weighted by atomic mass is 10.2. The smallest absolute Gasteiger partial charge is 0.225 e. The van der Waals surface area contributed by atoms with E-state index in [-0.39, 0.29) is 5.91 Å². The summed E-state index contributed by atoms with van der Waals surface area (Å²) in [7, 11) is 0. The number of anilines is 1. The van der Waals surface area contributed by atoms with Crippen LogP contribution in [0.25, 0.3) is 0 Å². The van der Waals surface area contributed by atoms with Crippen molar-refractivity contribution in [1.82, 2.24) is 5.32 Å². The number of para-hydroxylation sites is 1. The van der Waals surface area contributed by atoms with Crippen molar-refractivity contribution in [2.24, 2.45) is 0 Å². The molecule has 104 valence electrons. The molecule has 1 aromatic carbocycles. The normalized spacial score (nSPS) is 13.3. The van der Waals surface area contributed by atoms with Crippen molar-refractivity contribution in [3.05, 3.63) is 52.2 Å². The highest BCUT2D eigenvalue weighted by Crippen LogP contribution is 2.26. The summed E-state index contributed by atoms with van der Waals surface area (Å²) in [6.07, 6.45) is 1.60. The first-order valence-electron chi connectivity index (χ1n) is 6.95. The predicted molar refractivity (Wildman–Crippen MR) is 83.4 cm³/mol. The highest BCUT2D eigenvalue weighted by molar-refractivity contribution is 7.10. The van der Waals surface area contributed by atoms with Crippen molar-refractivity contribution in [3.63, 3.8) is 0 Å². The first kappa shape index (κ1) is 13.2. The lowest BCUT2D eigenvalue weighted by Gasteiger charge is -2.19. The molecule has 2 heterocycles. The van der Waals surface area contributed by atoms with Gasteiger partial charge in [-0.15, -0.1) is 11.3 Å². The Morgan fingerprint density at radius 2 is 2.15 bits per heavy atom. The van der Waals surface area contributed by atoms with Gasteiger partial charge in [0.25, 0.3) is 0 Å². The van der Waals surface area contributed by atoms with Gasteiger partial charge in [0.05, 0.1) is 6.42 Å². The van der Waals surface area contributed by atoms with Crippen LogP contribution in [0.15, 0.2) is 41.8 Å². The molecule has 0 saturated carbocycles. The molecule has 3 rings (SSSR count). The molecule has 1 amide bonds. The molecular weight excluding hydrogens is 268 g/mol. The number of carbonyl (C=O) groups is 1. The number of amides is 1. The summed E-state index contributed by atoms with van der Waals surface area (Å²) in [5, 5.41) is 5.01. The molecule has 3 nitrogen and oxygen atoms in total. The Balaban J connectivity index is 1.46. The van der Waals surface area contributed by atoms with Gasteiger partial charge in [0, 0.05) is 30.2 Å². The van der Waals surface area contributed by atoms with Crippen molar-refractivity contribution < 1.29 is 4.79 Å². The van der Waals surface area contributed by atoms with E-state index in [1.54, 1.807) is 11.3 Å². The quantitative estimate of drug-likeness (QED) is 0.916. The van der Waals surface area contributed by atoms with E-state index in [0.29, 0.717) is 13.0 Å². The van der Waals surface area contributed by atoms with E-state index in [1.807, 2.05) is 17.5 Å². The molecule has 1 aliphatic rings. The molecule has 4 heteroatoms. The fourth-order valence-corrected chi connectivity index (χ4v) is 3.31. The maximum atomic E-state index is 11.8. The van der Waals surface area contributed by atoms with Crippen LogP contribution in [0.5, 0.6) is 0 Å². The van der Waals surface area contributed by atoms with E-state index in [4.69, 9.17) is 0 Å². The fraction of sp³-hybridized carbons (Fsp3) is 0.312. The molecule has 1 aromatic heterocycles. The van der Waals surface area contributed by atoms with E-state index >= 15 is 0 Å². The Labute approximate surface area is 123 Å². The van der Waals surface area contributed by atoms with Gasteiger partial charge in [-0.1, -0.05) is 24.3 Å². The minimum absolute atomic E-state index is 0.111. The number of hydrogen-bond acceptors (Lipinski definition) is 3. The number of rotatable bonds is 5. The van der Waals surface area contributed by atoms with E-state index in [0.717, 1.165) is 24.4 Å². The fourth-order valence-electron chi connectivity index (χ4n) is 2.60. The second-order valence-corrected chi connectivity index (χ2v) is 6.00. The zero-order chi connectivity index (χ0) is 13.8. The number of fused-ring (bicyclic) bond motifs is 1. The van der Waals surface area contributed by atoms with E-state index in [2.05, 4.69) is 34.5 Å². The van der Waals surface area contributed by atoms with Crippen molar-refractivity contribution >= 4 is 22.9 Å².